The normalized spacial score (nSPS) is 11.2. The maximum Gasteiger partial charge on any atom is 0.189 e. The van der Waals surface area contributed by atoms with Crippen molar-refractivity contribution in [1.82, 2.24) is 14.8 Å². The second kappa shape index (κ2) is 5.05. The molecule has 2 N–H and O–H groups in total. The molecule has 3 aromatic rings. The number of hydrogen-bond acceptors (Lipinski definition) is 4. The van der Waals surface area contributed by atoms with E-state index in [1.54, 1.807) is 35.4 Å². The van der Waals surface area contributed by atoms with Crippen molar-refractivity contribution >= 4 is 16.6 Å². The molecule has 6 heteroatoms. The molecule has 5 nitrogen and oxygen atoms in total. The molecule has 2 heterocycles. The van der Waals surface area contributed by atoms with Gasteiger partial charge in [-0.2, -0.15) is 5.10 Å². The number of nitrogens with two attached hydrogens (primary N) is 1. The lowest BCUT2D eigenvalue weighted by molar-refractivity contribution is 0.444. The zero-order valence-electron chi connectivity index (χ0n) is 11.7. The van der Waals surface area contributed by atoms with Gasteiger partial charge in [-0.05, 0) is 26.0 Å². The van der Waals surface area contributed by atoms with Gasteiger partial charge in [0.2, 0.25) is 0 Å². The van der Waals surface area contributed by atoms with Gasteiger partial charge in [0.15, 0.2) is 17.3 Å². The van der Waals surface area contributed by atoms with Crippen LogP contribution in [0.4, 0.5) is 10.1 Å². The maximum atomic E-state index is 14.2. The third-order valence-corrected chi connectivity index (χ3v) is 3.16. The monoisotopic (exact) mass is 286 g/mol. The molecule has 0 aliphatic carbocycles. The van der Waals surface area contributed by atoms with Gasteiger partial charge in [-0.3, -0.25) is 9.67 Å². The SMILES string of the molecule is CC(C)n1cc(Oc2c(F)cc(N)c3cccnc23)cn1. The zero-order valence-corrected chi connectivity index (χ0v) is 11.7. The third kappa shape index (κ3) is 2.40. The topological polar surface area (TPSA) is 66.0 Å². The number of aromatic nitrogens is 3. The average Bonchev–Trinajstić information content (AvgIpc) is 2.92. The molecule has 0 atom stereocenters. The van der Waals surface area contributed by atoms with Gasteiger partial charge >= 0.3 is 0 Å². The van der Waals surface area contributed by atoms with Crippen LogP contribution in [0.5, 0.6) is 11.5 Å². The number of anilines is 1. The van der Waals surface area contributed by atoms with Crippen molar-refractivity contribution in [2.45, 2.75) is 19.9 Å². The summed E-state index contributed by atoms with van der Waals surface area (Å²) in [7, 11) is 0. The molecule has 0 unspecified atom stereocenters. The molecule has 0 amide bonds. The Morgan fingerprint density at radius 1 is 1.38 bits per heavy atom. The van der Waals surface area contributed by atoms with E-state index in [9.17, 15) is 4.39 Å². The molecule has 0 bridgehead atoms. The van der Waals surface area contributed by atoms with Crippen molar-refractivity contribution in [2.24, 2.45) is 0 Å². The smallest absolute Gasteiger partial charge is 0.189 e. The molecule has 21 heavy (non-hydrogen) atoms. The minimum Gasteiger partial charge on any atom is -0.449 e. The van der Waals surface area contributed by atoms with Crippen LogP contribution in [0, 0.1) is 5.82 Å². The fourth-order valence-electron chi connectivity index (χ4n) is 2.08. The highest BCUT2D eigenvalue weighted by Crippen LogP contribution is 2.34. The third-order valence-electron chi connectivity index (χ3n) is 3.16. The fourth-order valence-corrected chi connectivity index (χ4v) is 2.08. The van der Waals surface area contributed by atoms with E-state index in [-0.39, 0.29) is 11.8 Å². The summed E-state index contributed by atoms with van der Waals surface area (Å²) in [6.45, 7) is 4.00. The van der Waals surface area contributed by atoms with E-state index in [0.717, 1.165) is 0 Å². The minimum atomic E-state index is -0.545. The number of nitrogens with zero attached hydrogens (tertiary/aromatic N) is 3. The lowest BCUT2D eigenvalue weighted by atomic mass is 10.1. The van der Waals surface area contributed by atoms with Gasteiger partial charge in [-0.25, -0.2) is 4.39 Å². The number of benzene rings is 1. The molecule has 0 aliphatic heterocycles. The van der Waals surface area contributed by atoms with E-state index in [2.05, 4.69) is 10.1 Å². The summed E-state index contributed by atoms with van der Waals surface area (Å²) < 4.78 is 21.5. The van der Waals surface area contributed by atoms with Gasteiger partial charge in [-0.1, -0.05) is 0 Å². The second-order valence-corrected chi connectivity index (χ2v) is 5.03. The van der Waals surface area contributed by atoms with Crippen LogP contribution in [-0.4, -0.2) is 14.8 Å². The summed E-state index contributed by atoms with van der Waals surface area (Å²) in [6, 6.07) is 4.97. The standard InChI is InChI=1S/C15H15FN4O/c1-9(2)20-8-10(7-19-20)21-15-12(16)6-13(17)11-4-3-5-18-14(11)15/h3-9H,17H2,1-2H3. The first-order chi connectivity index (χ1) is 10.1. The first-order valence-corrected chi connectivity index (χ1v) is 6.61. The van der Waals surface area contributed by atoms with Crippen LogP contribution in [0.25, 0.3) is 10.9 Å². The van der Waals surface area contributed by atoms with E-state index in [1.807, 2.05) is 13.8 Å². The van der Waals surface area contributed by atoms with Crippen LogP contribution in [-0.2, 0) is 0 Å². The van der Waals surface area contributed by atoms with Crippen molar-refractivity contribution in [1.29, 1.82) is 0 Å². The fraction of sp³-hybridized carbons (Fsp3) is 0.200. The summed E-state index contributed by atoms with van der Waals surface area (Å²) in [5, 5.41) is 4.82. The van der Waals surface area contributed by atoms with E-state index >= 15 is 0 Å². The molecular weight excluding hydrogens is 271 g/mol. The van der Waals surface area contributed by atoms with Gasteiger partial charge in [0.1, 0.15) is 5.52 Å². The number of hydrogen-bond donors (Lipinski definition) is 1. The molecule has 0 spiro atoms. The summed E-state index contributed by atoms with van der Waals surface area (Å²) in [5.41, 5.74) is 6.54. The predicted molar refractivity (Wildman–Crippen MR) is 78.8 cm³/mol. The Bertz CT molecular complexity index is 797. The molecular formula is C15H15FN4O. The number of fused-ring (bicyclic) bond motifs is 1. The van der Waals surface area contributed by atoms with Crippen LogP contribution >= 0.6 is 0 Å². The summed E-state index contributed by atoms with van der Waals surface area (Å²) >= 11 is 0. The first-order valence-electron chi connectivity index (χ1n) is 6.61. The lowest BCUT2D eigenvalue weighted by Gasteiger charge is -2.09. The van der Waals surface area contributed by atoms with E-state index < -0.39 is 5.82 Å². The quantitative estimate of drug-likeness (QED) is 0.748. The highest BCUT2D eigenvalue weighted by Gasteiger charge is 2.15. The molecule has 0 saturated carbocycles. The molecule has 2 aromatic heterocycles. The van der Waals surface area contributed by atoms with Crippen LogP contribution in [0.1, 0.15) is 19.9 Å². The van der Waals surface area contributed by atoms with E-state index in [0.29, 0.717) is 22.3 Å². The molecule has 0 saturated heterocycles. The van der Waals surface area contributed by atoms with Gasteiger partial charge in [-0.15, -0.1) is 0 Å². The maximum absolute atomic E-state index is 14.2. The van der Waals surface area contributed by atoms with Crippen molar-refractivity contribution in [3.05, 3.63) is 42.6 Å². The van der Waals surface area contributed by atoms with Crippen molar-refractivity contribution in [2.75, 3.05) is 5.73 Å². The molecule has 1 aromatic carbocycles. The number of nitrogen functional groups attached to an aromatic ring is 1. The predicted octanol–water partition coefficient (Wildman–Crippen LogP) is 3.53. The highest BCUT2D eigenvalue weighted by atomic mass is 19.1. The van der Waals surface area contributed by atoms with Crippen molar-refractivity contribution < 1.29 is 9.13 Å². The molecule has 0 radical (unpaired) electrons. The zero-order chi connectivity index (χ0) is 15.0. The Morgan fingerprint density at radius 3 is 2.90 bits per heavy atom. The summed E-state index contributed by atoms with van der Waals surface area (Å²) in [4.78, 5) is 4.17. The minimum absolute atomic E-state index is 0.0584. The van der Waals surface area contributed by atoms with Crippen molar-refractivity contribution in [3.8, 4) is 11.5 Å². The summed E-state index contributed by atoms with van der Waals surface area (Å²) in [6.07, 6.45) is 4.84. The van der Waals surface area contributed by atoms with Crippen LogP contribution in [0.2, 0.25) is 0 Å². The Balaban J connectivity index is 2.07. The number of rotatable bonds is 3. The lowest BCUT2D eigenvalue weighted by Crippen LogP contribution is -2.00. The van der Waals surface area contributed by atoms with E-state index in [4.69, 9.17) is 10.5 Å². The highest BCUT2D eigenvalue weighted by molar-refractivity contribution is 5.94. The summed E-state index contributed by atoms with van der Waals surface area (Å²) in [5.74, 6) is -0.0292. The van der Waals surface area contributed by atoms with Crippen molar-refractivity contribution in [3.63, 3.8) is 0 Å². The Kier molecular flexibility index (Phi) is 3.21. The molecule has 3 rings (SSSR count). The van der Waals surface area contributed by atoms with Gasteiger partial charge < -0.3 is 10.5 Å². The molecule has 0 fully saturated rings. The van der Waals surface area contributed by atoms with Gasteiger partial charge in [0, 0.05) is 29.4 Å². The number of pyridine rings is 1. The first kappa shape index (κ1) is 13.4. The Morgan fingerprint density at radius 2 is 2.19 bits per heavy atom. The van der Waals surface area contributed by atoms with Gasteiger partial charge in [0.05, 0.1) is 12.4 Å². The van der Waals surface area contributed by atoms with Crippen LogP contribution in [0.15, 0.2) is 36.8 Å². The van der Waals surface area contributed by atoms with E-state index in [1.165, 1.54) is 6.07 Å². The molecule has 0 aliphatic rings. The Hall–Kier alpha value is -2.63. The van der Waals surface area contributed by atoms with Gasteiger partial charge in [0.25, 0.3) is 0 Å². The second-order valence-electron chi connectivity index (χ2n) is 5.03. The van der Waals surface area contributed by atoms with Crippen LogP contribution in [0.3, 0.4) is 0 Å². The Labute approximate surface area is 121 Å². The number of halogens is 1. The van der Waals surface area contributed by atoms with Crippen LogP contribution < -0.4 is 10.5 Å². The molecule has 108 valence electrons. The average molecular weight is 286 g/mol. The number of ether oxygens (including phenoxy) is 1. The largest absolute Gasteiger partial charge is 0.449 e.